The lowest BCUT2D eigenvalue weighted by Gasteiger charge is -2.56. The molecule has 1 aromatic carbocycles. The van der Waals surface area contributed by atoms with Gasteiger partial charge in [0.1, 0.15) is 0 Å². The third kappa shape index (κ3) is 3.17. The summed E-state index contributed by atoms with van der Waals surface area (Å²) in [5.74, 6) is 0. The van der Waals surface area contributed by atoms with Gasteiger partial charge in [-0.15, -0.1) is 0 Å². The molecule has 1 nitrogen and oxygen atoms in total. The Kier molecular flexibility index (Phi) is 7.34. The van der Waals surface area contributed by atoms with Crippen molar-refractivity contribution in [3.63, 3.8) is 0 Å². The van der Waals surface area contributed by atoms with Crippen LogP contribution in [0.5, 0.6) is 0 Å². The van der Waals surface area contributed by atoms with Crippen molar-refractivity contribution in [2.24, 2.45) is 5.41 Å². The van der Waals surface area contributed by atoms with E-state index in [4.69, 9.17) is 0 Å². The fourth-order valence-electron chi connectivity index (χ4n) is 3.96. The molecule has 0 atom stereocenters. The molecule has 0 bridgehead atoms. The zero-order valence-corrected chi connectivity index (χ0v) is 18.8. The minimum absolute atomic E-state index is 0.0329. The standard InChI is InChI=1S/C19H31N.2C2H6/c1-16(2)14-12-10-11-13-15(14)17(3,4)20(9)19(7,8)18(16,5)6;2*1-2/h10-13H,1-9H3;2*1-2H3. The Morgan fingerprint density at radius 2 is 1.04 bits per heavy atom. The molecule has 1 aliphatic heterocycles. The predicted octanol–water partition coefficient (Wildman–Crippen LogP) is 7.00. The highest BCUT2D eigenvalue weighted by molar-refractivity contribution is 5.42. The average Bonchev–Trinajstić information content (AvgIpc) is 2.58. The van der Waals surface area contributed by atoms with Crippen molar-refractivity contribution in [3.05, 3.63) is 35.4 Å². The Morgan fingerprint density at radius 1 is 0.667 bits per heavy atom. The number of nitrogens with zero attached hydrogens (tertiary/aromatic N) is 1. The molecule has 0 N–H and O–H groups in total. The molecule has 1 heteroatoms. The van der Waals surface area contributed by atoms with Crippen LogP contribution in [0.25, 0.3) is 0 Å². The van der Waals surface area contributed by atoms with E-state index in [1.54, 1.807) is 0 Å². The number of benzene rings is 1. The lowest BCUT2D eigenvalue weighted by atomic mass is 9.56. The van der Waals surface area contributed by atoms with Gasteiger partial charge < -0.3 is 0 Å². The van der Waals surface area contributed by atoms with Crippen LogP contribution in [-0.4, -0.2) is 17.5 Å². The van der Waals surface area contributed by atoms with Gasteiger partial charge in [0.25, 0.3) is 0 Å². The van der Waals surface area contributed by atoms with E-state index >= 15 is 0 Å². The molecule has 0 amide bonds. The SMILES string of the molecule is CC.CC.CN1C(C)(C)c2ccccc2C(C)(C)C(C)(C)C1(C)C. The molecule has 0 aliphatic carbocycles. The predicted molar refractivity (Wildman–Crippen MR) is 111 cm³/mol. The molecule has 24 heavy (non-hydrogen) atoms. The summed E-state index contributed by atoms with van der Waals surface area (Å²) in [6.07, 6.45) is 0. The lowest BCUT2D eigenvalue weighted by Crippen LogP contribution is -2.60. The topological polar surface area (TPSA) is 3.24 Å². The zero-order chi connectivity index (χ0) is 19.6. The molecule has 140 valence electrons. The summed E-state index contributed by atoms with van der Waals surface area (Å²) >= 11 is 0. The van der Waals surface area contributed by atoms with E-state index in [0.717, 1.165) is 0 Å². The van der Waals surface area contributed by atoms with Gasteiger partial charge >= 0.3 is 0 Å². The smallest absolute Gasteiger partial charge is 0.0409 e. The molecule has 0 spiro atoms. The number of hydrogen-bond donors (Lipinski definition) is 0. The van der Waals surface area contributed by atoms with Crippen LogP contribution in [0.4, 0.5) is 0 Å². The van der Waals surface area contributed by atoms with Crippen molar-refractivity contribution in [3.8, 4) is 0 Å². The van der Waals surface area contributed by atoms with Crippen molar-refractivity contribution >= 4 is 0 Å². The minimum atomic E-state index is 0.0329. The fraction of sp³-hybridized carbons (Fsp3) is 0.739. The van der Waals surface area contributed by atoms with Gasteiger partial charge in [0, 0.05) is 11.1 Å². The second-order valence-corrected chi connectivity index (χ2v) is 8.47. The summed E-state index contributed by atoms with van der Waals surface area (Å²) in [5.41, 5.74) is 3.36. The Hall–Kier alpha value is -0.820. The van der Waals surface area contributed by atoms with E-state index in [1.807, 2.05) is 27.7 Å². The maximum Gasteiger partial charge on any atom is 0.0409 e. The Labute approximate surface area is 152 Å². The molecule has 0 saturated heterocycles. The van der Waals surface area contributed by atoms with Crippen LogP contribution in [0.3, 0.4) is 0 Å². The molecule has 1 aromatic rings. The van der Waals surface area contributed by atoms with Gasteiger partial charge in [-0.2, -0.15) is 0 Å². The van der Waals surface area contributed by atoms with Gasteiger partial charge in [-0.1, -0.05) is 79.7 Å². The monoisotopic (exact) mass is 333 g/mol. The van der Waals surface area contributed by atoms with Crippen molar-refractivity contribution in [1.29, 1.82) is 0 Å². The van der Waals surface area contributed by atoms with Crippen molar-refractivity contribution in [2.45, 2.75) is 99.6 Å². The highest BCUT2D eigenvalue weighted by Gasteiger charge is 2.56. The van der Waals surface area contributed by atoms with Crippen LogP contribution in [0.15, 0.2) is 24.3 Å². The molecule has 0 aromatic heterocycles. The summed E-state index contributed by atoms with van der Waals surface area (Å²) in [5, 5.41) is 0. The van der Waals surface area contributed by atoms with Gasteiger partial charge in [-0.05, 0) is 56.7 Å². The van der Waals surface area contributed by atoms with Crippen molar-refractivity contribution in [2.75, 3.05) is 7.05 Å². The van der Waals surface area contributed by atoms with Crippen molar-refractivity contribution in [1.82, 2.24) is 4.90 Å². The van der Waals surface area contributed by atoms with Gasteiger partial charge in [0.2, 0.25) is 0 Å². The van der Waals surface area contributed by atoms with E-state index in [-0.39, 0.29) is 21.9 Å². The first-order valence-corrected chi connectivity index (χ1v) is 9.72. The van der Waals surface area contributed by atoms with Crippen LogP contribution in [-0.2, 0) is 11.0 Å². The summed E-state index contributed by atoms with van der Waals surface area (Å²) < 4.78 is 0. The van der Waals surface area contributed by atoms with E-state index in [9.17, 15) is 0 Å². The van der Waals surface area contributed by atoms with E-state index in [2.05, 4.69) is 91.6 Å². The summed E-state index contributed by atoms with van der Waals surface area (Å²) in [6.45, 7) is 27.1. The third-order valence-corrected chi connectivity index (χ3v) is 7.03. The summed E-state index contributed by atoms with van der Waals surface area (Å²) in [4.78, 5) is 2.56. The quantitative estimate of drug-likeness (QED) is 0.494. The third-order valence-electron chi connectivity index (χ3n) is 7.03. The summed E-state index contributed by atoms with van der Waals surface area (Å²) in [6, 6.07) is 9.00. The second-order valence-electron chi connectivity index (χ2n) is 8.47. The Bertz CT molecular complexity index is 521. The number of hydrogen-bond acceptors (Lipinski definition) is 1. The van der Waals surface area contributed by atoms with E-state index in [1.165, 1.54) is 11.1 Å². The Morgan fingerprint density at radius 3 is 1.46 bits per heavy atom. The van der Waals surface area contributed by atoms with Gasteiger partial charge in [-0.25, -0.2) is 0 Å². The summed E-state index contributed by atoms with van der Waals surface area (Å²) in [7, 11) is 2.28. The fourth-order valence-corrected chi connectivity index (χ4v) is 3.96. The minimum Gasteiger partial charge on any atom is -0.291 e. The average molecular weight is 334 g/mol. The Balaban J connectivity index is 0.00000123. The highest BCUT2D eigenvalue weighted by Crippen LogP contribution is 2.57. The maximum absolute atomic E-state index is 2.56. The first-order valence-electron chi connectivity index (χ1n) is 9.72. The molecule has 0 radical (unpaired) electrons. The van der Waals surface area contributed by atoms with Crippen LogP contribution in [0.2, 0.25) is 0 Å². The normalized spacial score (nSPS) is 22.7. The molecule has 1 heterocycles. The molecule has 0 saturated carbocycles. The van der Waals surface area contributed by atoms with E-state index < -0.39 is 0 Å². The largest absolute Gasteiger partial charge is 0.291 e. The van der Waals surface area contributed by atoms with Crippen molar-refractivity contribution < 1.29 is 0 Å². The zero-order valence-electron chi connectivity index (χ0n) is 18.8. The molecule has 0 fully saturated rings. The van der Waals surface area contributed by atoms with E-state index in [0.29, 0.717) is 0 Å². The van der Waals surface area contributed by atoms with Gasteiger partial charge in [-0.3, -0.25) is 4.90 Å². The van der Waals surface area contributed by atoms with Gasteiger partial charge in [0.05, 0.1) is 0 Å². The second kappa shape index (κ2) is 7.60. The number of rotatable bonds is 0. The first-order chi connectivity index (χ1) is 10.9. The van der Waals surface area contributed by atoms with Gasteiger partial charge in [0.15, 0.2) is 0 Å². The number of fused-ring (bicyclic) bond motifs is 1. The van der Waals surface area contributed by atoms with Crippen LogP contribution < -0.4 is 0 Å². The molecular weight excluding hydrogens is 290 g/mol. The maximum atomic E-state index is 2.56. The van der Waals surface area contributed by atoms with Crippen LogP contribution >= 0.6 is 0 Å². The molecule has 1 aliphatic rings. The first kappa shape index (κ1) is 23.2. The highest BCUT2D eigenvalue weighted by atomic mass is 15.2. The molecule has 2 rings (SSSR count). The van der Waals surface area contributed by atoms with Crippen LogP contribution in [0.1, 0.15) is 94.2 Å². The van der Waals surface area contributed by atoms with Crippen LogP contribution in [0, 0.1) is 5.41 Å². The molecular formula is C23H43N. The lowest BCUT2D eigenvalue weighted by molar-refractivity contribution is -0.0554. The molecule has 0 unspecified atom stereocenters.